The Labute approximate surface area is 124 Å². The van der Waals surface area contributed by atoms with E-state index in [-0.39, 0.29) is 17.5 Å². The van der Waals surface area contributed by atoms with Crippen LogP contribution in [0.4, 0.5) is 0 Å². The summed E-state index contributed by atoms with van der Waals surface area (Å²) in [7, 11) is -3.63. The average molecular weight is 309 g/mol. The number of benzene rings is 1. The molecule has 0 spiro atoms. The summed E-state index contributed by atoms with van der Waals surface area (Å²) in [5.74, 6) is 0.728. The van der Waals surface area contributed by atoms with Gasteiger partial charge in [-0.2, -0.15) is 0 Å². The summed E-state index contributed by atoms with van der Waals surface area (Å²) in [5.41, 5.74) is 1.18. The Morgan fingerprint density at radius 2 is 2.05 bits per heavy atom. The molecule has 6 heteroatoms. The molecule has 0 amide bonds. The van der Waals surface area contributed by atoms with Gasteiger partial charge in [0, 0.05) is 12.5 Å². The van der Waals surface area contributed by atoms with Crippen LogP contribution in [0.3, 0.4) is 0 Å². The van der Waals surface area contributed by atoms with Gasteiger partial charge in [0.15, 0.2) is 0 Å². The van der Waals surface area contributed by atoms with Crippen LogP contribution in [0, 0.1) is 6.92 Å². The molecule has 0 radical (unpaired) electrons. The summed E-state index contributed by atoms with van der Waals surface area (Å²) in [6.07, 6.45) is 2.04. The first-order valence-electron chi connectivity index (χ1n) is 6.68. The van der Waals surface area contributed by atoms with Gasteiger partial charge in [-0.15, -0.1) is 0 Å². The molecule has 2 N–H and O–H groups in total. The summed E-state index contributed by atoms with van der Waals surface area (Å²) < 4.78 is 32.7. The predicted molar refractivity (Wildman–Crippen MR) is 79.3 cm³/mol. The van der Waals surface area contributed by atoms with E-state index in [0.717, 1.165) is 5.76 Å². The lowest BCUT2D eigenvalue weighted by Crippen LogP contribution is -2.34. The molecule has 0 bridgehead atoms. The molecule has 0 saturated heterocycles. The molecule has 0 aliphatic carbocycles. The Bertz CT molecular complexity index is 692. The molecule has 1 aromatic heterocycles. The first-order valence-corrected chi connectivity index (χ1v) is 8.16. The van der Waals surface area contributed by atoms with Crippen LogP contribution in [0.2, 0.25) is 0 Å². The molecule has 5 nitrogen and oxygen atoms in total. The Kier molecular flexibility index (Phi) is 4.82. The van der Waals surface area contributed by atoms with Gasteiger partial charge in [-0.25, -0.2) is 13.1 Å². The largest absolute Gasteiger partial charge is 0.469 e. The van der Waals surface area contributed by atoms with Gasteiger partial charge in [0.25, 0.3) is 0 Å². The van der Waals surface area contributed by atoms with E-state index in [9.17, 15) is 13.5 Å². The second-order valence-corrected chi connectivity index (χ2v) is 6.69. The third kappa shape index (κ3) is 3.72. The van der Waals surface area contributed by atoms with Gasteiger partial charge in [-0.05, 0) is 43.2 Å². The maximum absolute atomic E-state index is 12.4. The van der Waals surface area contributed by atoms with Crippen molar-refractivity contribution in [1.29, 1.82) is 0 Å². The summed E-state index contributed by atoms with van der Waals surface area (Å²) in [4.78, 5) is 0.195. The third-order valence-electron chi connectivity index (χ3n) is 3.30. The van der Waals surface area contributed by atoms with E-state index in [1.165, 1.54) is 6.07 Å². The SMILES string of the molecule is Cc1c(CO)cccc1S(=O)(=O)NC(C)Cc1ccco1. The summed E-state index contributed by atoms with van der Waals surface area (Å²) in [6, 6.07) is 8.16. The fourth-order valence-electron chi connectivity index (χ4n) is 2.22. The highest BCUT2D eigenvalue weighted by atomic mass is 32.2. The van der Waals surface area contributed by atoms with Crippen molar-refractivity contribution in [2.24, 2.45) is 0 Å². The van der Waals surface area contributed by atoms with E-state index < -0.39 is 10.0 Å². The van der Waals surface area contributed by atoms with E-state index in [2.05, 4.69) is 4.72 Å². The molecular formula is C15H19NO4S. The summed E-state index contributed by atoms with van der Waals surface area (Å²) in [6.45, 7) is 3.29. The molecule has 2 aromatic rings. The fourth-order valence-corrected chi connectivity index (χ4v) is 3.75. The van der Waals surface area contributed by atoms with Crippen LogP contribution in [0.1, 0.15) is 23.8 Å². The Balaban J connectivity index is 2.18. The first-order chi connectivity index (χ1) is 9.94. The Hall–Kier alpha value is -1.63. The van der Waals surface area contributed by atoms with E-state index in [1.54, 1.807) is 38.3 Å². The molecule has 1 atom stereocenters. The minimum Gasteiger partial charge on any atom is -0.469 e. The quantitative estimate of drug-likeness (QED) is 0.855. The zero-order valence-corrected chi connectivity index (χ0v) is 12.9. The van der Waals surface area contributed by atoms with Gasteiger partial charge >= 0.3 is 0 Å². The molecule has 0 fully saturated rings. The van der Waals surface area contributed by atoms with Crippen molar-refractivity contribution in [3.8, 4) is 0 Å². The lowest BCUT2D eigenvalue weighted by atomic mass is 10.1. The number of aliphatic hydroxyl groups excluding tert-OH is 1. The van der Waals surface area contributed by atoms with E-state index in [4.69, 9.17) is 4.42 Å². The van der Waals surface area contributed by atoms with Gasteiger partial charge in [0.2, 0.25) is 10.0 Å². The number of nitrogens with one attached hydrogen (secondary N) is 1. The minimum atomic E-state index is -3.63. The van der Waals surface area contributed by atoms with Crippen LogP contribution in [-0.4, -0.2) is 19.6 Å². The van der Waals surface area contributed by atoms with Gasteiger partial charge in [0.1, 0.15) is 5.76 Å². The van der Waals surface area contributed by atoms with Gasteiger partial charge < -0.3 is 9.52 Å². The third-order valence-corrected chi connectivity index (χ3v) is 5.03. The lowest BCUT2D eigenvalue weighted by Gasteiger charge is -2.15. The predicted octanol–water partition coefficient (Wildman–Crippen LogP) is 1.99. The van der Waals surface area contributed by atoms with Crippen LogP contribution < -0.4 is 4.72 Å². The summed E-state index contributed by atoms with van der Waals surface area (Å²) in [5, 5.41) is 9.23. The molecule has 1 unspecified atom stereocenters. The number of hydrogen-bond acceptors (Lipinski definition) is 4. The number of furan rings is 1. The maximum Gasteiger partial charge on any atom is 0.241 e. The molecule has 21 heavy (non-hydrogen) atoms. The lowest BCUT2D eigenvalue weighted by molar-refractivity contribution is 0.280. The average Bonchev–Trinajstić information content (AvgIpc) is 2.90. The molecule has 0 aliphatic rings. The Morgan fingerprint density at radius 3 is 2.67 bits per heavy atom. The topological polar surface area (TPSA) is 79.5 Å². The van der Waals surface area contributed by atoms with E-state index in [1.807, 2.05) is 6.07 Å². The van der Waals surface area contributed by atoms with E-state index in [0.29, 0.717) is 17.5 Å². The van der Waals surface area contributed by atoms with E-state index >= 15 is 0 Å². The van der Waals surface area contributed by atoms with Crippen LogP contribution in [0.15, 0.2) is 45.9 Å². The van der Waals surface area contributed by atoms with Gasteiger partial charge in [-0.3, -0.25) is 0 Å². The first kappa shape index (κ1) is 15.8. The van der Waals surface area contributed by atoms with Crippen LogP contribution in [0.25, 0.3) is 0 Å². The van der Waals surface area contributed by atoms with Crippen molar-refractivity contribution in [2.45, 2.75) is 37.8 Å². The summed E-state index contributed by atoms with van der Waals surface area (Å²) >= 11 is 0. The molecule has 1 heterocycles. The molecule has 114 valence electrons. The molecule has 0 aliphatic heterocycles. The van der Waals surface area contributed by atoms with Gasteiger partial charge in [-0.1, -0.05) is 12.1 Å². The number of rotatable bonds is 6. The fraction of sp³-hybridized carbons (Fsp3) is 0.333. The van der Waals surface area contributed by atoms with Crippen molar-refractivity contribution in [1.82, 2.24) is 4.72 Å². The van der Waals surface area contributed by atoms with Crippen molar-refractivity contribution in [3.63, 3.8) is 0 Å². The second kappa shape index (κ2) is 6.43. The molecular weight excluding hydrogens is 290 g/mol. The number of aliphatic hydroxyl groups is 1. The molecule has 1 aromatic carbocycles. The number of hydrogen-bond donors (Lipinski definition) is 2. The van der Waals surface area contributed by atoms with Crippen molar-refractivity contribution < 1.29 is 17.9 Å². The van der Waals surface area contributed by atoms with Crippen molar-refractivity contribution in [2.75, 3.05) is 0 Å². The zero-order chi connectivity index (χ0) is 15.5. The normalized spacial score (nSPS) is 13.3. The molecule has 0 saturated carbocycles. The standard InChI is InChI=1S/C15H19NO4S/c1-11(9-14-6-4-8-20-14)16-21(18,19)15-7-3-5-13(10-17)12(15)2/h3-8,11,16-17H,9-10H2,1-2H3. The van der Waals surface area contributed by atoms with Crippen molar-refractivity contribution in [3.05, 3.63) is 53.5 Å². The molecule has 2 rings (SSSR count). The zero-order valence-electron chi connectivity index (χ0n) is 12.0. The highest BCUT2D eigenvalue weighted by Crippen LogP contribution is 2.19. The second-order valence-electron chi connectivity index (χ2n) is 5.00. The van der Waals surface area contributed by atoms with Crippen LogP contribution in [0.5, 0.6) is 0 Å². The highest BCUT2D eigenvalue weighted by Gasteiger charge is 2.21. The van der Waals surface area contributed by atoms with Crippen LogP contribution in [-0.2, 0) is 23.1 Å². The van der Waals surface area contributed by atoms with Crippen LogP contribution >= 0.6 is 0 Å². The van der Waals surface area contributed by atoms with Crippen molar-refractivity contribution >= 4 is 10.0 Å². The number of sulfonamides is 1. The monoisotopic (exact) mass is 309 g/mol. The van der Waals surface area contributed by atoms with Gasteiger partial charge in [0.05, 0.1) is 17.8 Å². The smallest absolute Gasteiger partial charge is 0.241 e. The maximum atomic E-state index is 12.4. The highest BCUT2D eigenvalue weighted by molar-refractivity contribution is 7.89. The minimum absolute atomic E-state index is 0.183. The Morgan fingerprint density at radius 1 is 1.29 bits per heavy atom.